The molecule has 2 aromatic rings. The highest BCUT2D eigenvalue weighted by molar-refractivity contribution is 5.98. The average Bonchev–Trinajstić information content (AvgIpc) is 2.88. The Morgan fingerprint density at radius 1 is 1.69 bits per heavy atom. The van der Waals surface area contributed by atoms with Gasteiger partial charge in [0.05, 0.1) is 18.7 Å². The molecule has 6 heteroatoms. The largest absolute Gasteiger partial charge is 0.472 e. The van der Waals surface area contributed by atoms with E-state index in [2.05, 4.69) is 10.4 Å². The zero-order valence-corrected chi connectivity index (χ0v) is 8.80. The number of nitrogens with two attached hydrogens (primary N) is 1. The fraction of sp³-hybridized carbons (Fsp3) is 0.200. The Morgan fingerprint density at radius 3 is 3.06 bits per heavy atom. The number of hydrogen-bond acceptors (Lipinski definition) is 4. The quantitative estimate of drug-likeness (QED) is 0.789. The smallest absolute Gasteiger partial charge is 0.256 e. The van der Waals surface area contributed by atoms with Crippen LogP contribution in [-0.4, -0.2) is 15.7 Å². The van der Waals surface area contributed by atoms with Gasteiger partial charge < -0.3 is 15.5 Å². The molecule has 1 amide bonds. The number of amides is 1. The molecule has 3 N–H and O–H groups in total. The molecule has 0 saturated heterocycles. The lowest BCUT2D eigenvalue weighted by Crippen LogP contribution is -2.23. The lowest BCUT2D eigenvalue weighted by Gasteiger charge is -2.02. The first-order valence-electron chi connectivity index (χ1n) is 4.75. The van der Waals surface area contributed by atoms with Gasteiger partial charge in [-0.3, -0.25) is 9.48 Å². The number of furan rings is 1. The summed E-state index contributed by atoms with van der Waals surface area (Å²) < 4.78 is 6.34. The van der Waals surface area contributed by atoms with Gasteiger partial charge in [0.15, 0.2) is 0 Å². The van der Waals surface area contributed by atoms with E-state index in [1.165, 1.54) is 10.9 Å². The zero-order chi connectivity index (χ0) is 11.5. The first-order chi connectivity index (χ1) is 7.68. The van der Waals surface area contributed by atoms with Crippen LogP contribution in [0.5, 0.6) is 0 Å². The van der Waals surface area contributed by atoms with Crippen LogP contribution < -0.4 is 11.1 Å². The SMILES string of the molecule is Cn1ncc(C(=O)NCc2ccoc2)c1N. The van der Waals surface area contributed by atoms with Gasteiger partial charge in [-0.05, 0) is 6.07 Å². The summed E-state index contributed by atoms with van der Waals surface area (Å²) in [5.41, 5.74) is 6.95. The van der Waals surface area contributed by atoms with Gasteiger partial charge in [0.25, 0.3) is 5.91 Å². The van der Waals surface area contributed by atoms with E-state index in [4.69, 9.17) is 10.2 Å². The normalized spacial score (nSPS) is 10.3. The molecule has 2 heterocycles. The molecular formula is C10H12N4O2. The van der Waals surface area contributed by atoms with Crippen molar-refractivity contribution < 1.29 is 9.21 Å². The van der Waals surface area contributed by atoms with E-state index in [0.717, 1.165) is 5.56 Å². The van der Waals surface area contributed by atoms with Gasteiger partial charge in [-0.15, -0.1) is 0 Å². The number of carbonyl (C=O) groups is 1. The number of hydrogen-bond donors (Lipinski definition) is 2. The molecular weight excluding hydrogens is 208 g/mol. The van der Waals surface area contributed by atoms with Crippen molar-refractivity contribution in [2.24, 2.45) is 7.05 Å². The zero-order valence-electron chi connectivity index (χ0n) is 8.80. The average molecular weight is 220 g/mol. The van der Waals surface area contributed by atoms with Gasteiger partial charge >= 0.3 is 0 Å². The molecule has 0 fully saturated rings. The van der Waals surface area contributed by atoms with E-state index in [-0.39, 0.29) is 5.91 Å². The highest BCUT2D eigenvalue weighted by Gasteiger charge is 2.13. The van der Waals surface area contributed by atoms with Crippen molar-refractivity contribution in [3.05, 3.63) is 35.9 Å². The Labute approximate surface area is 92.0 Å². The summed E-state index contributed by atoms with van der Waals surface area (Å²) in [6, 6.07) is 1.78. The third-order valence-corrected chi connectivity index (χ3v) is 2.26. The number of nitrogens with one attached hydrogen (secondary N) is 1. The minimum Gasteiger partial charge on any atom is -0.472 e. The standard InChI is InChI=1S/C10H12N4O2/c1-14-9(11)8(5-13-14)10(15)12-4-7-2-3-16-6-7/h2-3,5-6H,4,11H2,1H3,(H,12,15). The number of aryl methyl sites for hydroxylation is 1. The first-order valence-corrected chi connectivity index (χ1v) is 4.75. The van der Waals surface area contributed by atoms with Crippen molar-refractivity contribution in [1.29, 1.82) is 0 Å². The molecule has 0 aliphatic heterocycles. The van der Waals surface area contributed by atoms with Gasteiger partial charge in [0.2, 0.25) is 0 Å². The fourth-order valence-corrected chi connectivity index (χ4v) is 1.29. The second-order valence-electron chi connectivity index (χ2n) is 3.38. The van der Waals surface area contributed by atoms with Crippen LogP contribution in [-0.2, 0) is 13.6 Å². The highest BCUT2D eigenvalue weighted by atomic mass is 16.3. The predicted molar refractivity (Wildman–Crippen MR) is 57.5 cm³/mol. The second-order valence-corrected chi connectivity index (χ2v) is 3.38. The maximum Gasteiger partial charge on any atom is 0.256 e. The third kappa shape index (κ3) is 1.90. The van der Waals surface area contributed by atoms with Crippen LogP contribution in [0.3, 0.4) is 0 Å². The molecule has 0 aliphatic carbocycles. The lowest BCUT2D eigenvalue weighted by molar-refractivity contribution is 0.0951. The first kappa shape index (κ1) is 10.3. The maximum atomic E-state index is 11.7. The van der Waals surface area contributed by atoms with Crippen LogP contribution >= 0.6 is 0 Å². The van der Waals surface area contributed by atoms with Crippen molar-refractivity contribution in [2.45, 2.75) is 6.54 Å². The molecule has 6 nitrogen and oxygen atoms in total. The molecule has 0 saturated carbocycles. The fourth-order valence-electron chi connectivity index (χ4n) is 1.29. The molecule has 0 unspecified atom stereocenters. The number of rotatable bonds is 3. The van der Waals surface area contributed by atoms with Crippen molar-refractivity contribution in [1.82, 2.24) is 15.1 Å². The Kier molecular flexibility index (Phi) is 2.63. The molecule has 16 heavy (non-hydrogen) atoms. The molecule has 0 spiro atoms. The van der Waals surface area contributed by atoms with Gasteiger partial charge in [0.1, 0.15) is 11.4 Å². The van der Waals surface area contributed by atoms with Crippen LogP contribution in [0.25, 0.3) is 0 Å². The van der Waals surface area contributed by atoms with Crippen molar-refractivity contribution >= 4 is 11.7 Å². The minimum absolute atomic E-state index is 0.244. The summed E-state index contributed by atoms with van der Waals surface area (Å²) in [6.45, 7) is 0.406. The van der Waals surface area contributed by atoms with Crippen molar-refractivity contribution in [2.75, 3.05) is 5.73 Å². The van der Waals surface area contributed by atoms with E-state index >= 15 is 0 Å². The molecule has 0 aromatic carbocycles. The maximum absolute atomic E-state index is 11.7. The van der Waals surface area contributed by atoms with Crippen LogP contribution in [0.15, 0.2) is 29.2 Å². The van der Waals surface area contributed by atoms with E-state index in [1.807, 2.05) is 0 Å². The molecule has 2 aromatic heterocycles. The predicted octanol–water partition coefficient (Wildman–Crippen LogP) is 0.525. The van der Waals surface area contributed by atoms with Crippen LogP contribution in [0, 0.1) is 0 Å². The number of nitrogen functional groups attached to an aromatic ring is 1. The van der Waals surface area contributed by atoms with Crippen molar-refractivity contribution in [3.63, 3.8) is 0 Å². The van der Waals surface area contributed by atoms with E-state index in [1.54, 1.807) is 25.6 Å². The summed E-state index contributed by atoms with van der Waals surface area (Å²) >= 11 is 0. The third-order valence-electron chi connectivity index (χ3n) is 2.26. The summed E-state index contributed by atoms with van der Waals surface area (Å²) in [5.74, 6) is 0.108. The molecule has 0 bridgehead atoms. The van der Waals surface area contributed by atoms with E-state index in [0.29, 0.717) is 17.9 Å². The van der Waals surface area contributed by atoms with Gasteiger partial charge in [-0.2, -0.15) is 5.10 Å². The van der Waals surface area contributed by atoms with Gasteiger partial charge in [-0.1, -0.05) is 0 Å². The van der Waals surface area contributed by atoms with Crippen LogP contribution in [0.4, 0.5) is 5.82 Å². The molecule has 0 radical (unpaired) electrons. The Bertz CT molecular complexity index is 487. The number of carbonyl (C=O) groups excluding carboxylic acids is 1. The molecule has 2 rings (SSSR count). The Hall–Kier alpha value is -2.24. The van der Waals surface area contributed by atoms with Crippen molar-refractivity contribution in [3.8, 4) is 0 Å². The Balaban J connectivity index is 2.01. The number of anilines is 1. The molecule has 0 atom stereocenters. The second kappa shape index (κ2) is 4.09. The lowest BCUT2D eigenvalue weighted by atomic mass is 10.3. The van der Waals surface area contributed by atoms with Gasteiger partial charge in [0, 0.05) is 19.2 Å². The molecule has 0 aliphatic rings. The van der Waals surface area contributed by atoms with Gasteiger partial charge in [-0.25, -0.2) is 0 Å². The van der Waals surface area contributed by atoms with E-state index in [9.17, 15) is 4.79 Å². The monoisotopic (exact) mass is 220 g/mol. The summed E-state index contributed by atoms with van der Waals surface area (Å²) in [4.78, 5) is 11.7. The highest BCUT2D eigenvalue weighted by Crippen LogP contribution is 2.09. The van der Waals surface area contributed by atoms with E-state index < -0.39 is 0 Å². The number of aromatic nitrogens is 2. The molecule has 84 valence electrons. The van der Waals surface area contributed by atoms with Crippen LogP contribution in [0.1, 0.15) is 15.9 Å². The van der Waals surface area contributed by atoms with Crippen LogP contribution in [0.2, 0.25) is 0 Å². The summed E-state index contributed by atoms with van der Waals surface area (Å²) in [5, 5.41) is 6.62. The minimum atomic E-state index is -0.244. The Morgan fingerprint density at radius 2 is 2.50 bits per heavy atom. The summed E-state index contributed by atoms with van der Waals surface area (Å²) in [7, 11) is 1.68. The summed E-state index contributed by atoms with van der Waals surface area (Å²) in [6.07, 6.45) is 4.58. The topological polar surface area (TPSA) is 86.1 Å². The number of nitrogens with zero attached hydrogens (tertiary/aromatic N) is 2.